The minimum atomic E-state index is -1.26. The molecule has 4 saturated heterocycles. The van der Waals surface area contributed by atoms with Crippen LogP contribution in [0.5, 0.6) is 0 Å². The van der Waals surface area contributed by atoms with Gasteiger partial charge in [-0.15, -0.1) is 19.7 Å². The molecule has 4 fully saturated rings. The minimum absolute atomic E-state index is 0.0150. The molecule has 348 valence electrons. The fourth-order valence-electron chi connectivity index (χ4n) is 5.36. The van der Waals surface area contributed by atoms with Crippen LogP contribution in [-0.4, -0.2) is 207 Å². The fraction of sp³-hybridized carbons (Fsp3) is 0.846. The lowest BCUT2D eigenvalue weighted by molar-refractivity contribution is -0.238. The molecule has 58 heavy (non-hydrogen) atoms. The van der Waals surface area contributed by atoms with E-state index in [2.05, 4.69) is 47.4 Å². The quantitative estimate of drug-likeness (QED) is 0.100. The topological polar surface area (TPSA) is 340 Å². The summed E-state index contributed by atoms with van der Waals surface area (Å²) in [4.78, 5) is 0. The molecule has 19 nitrogen and oxygen atoms in total. The molecule has 4 rings (SSSR count). The zero-order valence-corrected chi connectivity index (χ0v) is 35.3. The van der Waals surface area contributed by atoms with Gasteiger partial charge in [-0.2, -0.15) is 0 Å². The van der Waals surface area contributed by atoms with Crippen LogP contribution >= 0.6 is 0 Å². The summed E-state index contributed by atoms with van der Waals surface area (Å²) in [6.07, 6.45) is -12.4. The van der Waals surface area contributed by atoms with Crippen molar-refractivity contribution in [3.05, 3.63) is 37.8 Å². The molecule has 4 aliphatic heterocycles. The molecular weight excluding hydrogens is 772 g/mol. The van der Waals surface area contributed by atoms with Gasteiger partial charge in [0, 0.05) is 0 Å². The first-order valence-corrected chi connectivity index (χ1v) is 19.5. The first kappa shape index (κ1) is 60.4. The van der Waals surface area contributed by atoms with E-state index in [9.17, 15) is 35.7 Å². The monoisotopic (exact) mass is 851 g/mol. The summed E-state index contributed by atoms with van der Waals surface area (Å²) >= 11 is 0. The van der Waals surface area contributed by atoms with Crippen LogP contribution in [0.3, 0.4) is 0 Å². The molecule has 0 aliphatic carbocycles. The Hall–Kier alpha value is -1.86. The fourth-order valence-corrected chi connectivity index (χ4v) is 5.36. The van der Waals surface area contributed by atoms with Gasteiger partial charge in [-0.25, -0.2) is 0 Å². The molecular formula is C39H78O19. The van der Waals surface area contributed by atoms with Crippen molar-refractivity contribution in [2.75, 3.05) is 26.4 Å². The molecule has 17 unspecified atom stereocenters. The van der Waals surface area contributed by atoms with Gasteiger partial charge in [0.2, 0.25) is 0 Å². The van der Waals surface area contributed by atoms with Gasteiger partial charge >= 0.3 is 0 Å². The summed E-state index contributed by atoms with van der Waals surface area (Å²) in [7, 11) is 0. The lowest BCUT2D eigenvalue weighted by Crippen LogP contribution is -2.59. The van der Waals surface area contributed by atoms with Crippen LogP contribution in [0.25, 0.3) is 0 Å². The Bertz CT molecular complexity index is 991. The molecule has 17 atom stereocenters. The second-order valence-corrected chi connectivity index (χ2v) is 14.4. The number of rotatable bonds is 7. The third kappa shape index (κ3) is 19.7. The van der Waals surface area contributed by atoms with Crippen molar-refractivity contribution < 1.29 is 95.5 Å². The Kier molecular flexibility index (Phi) is 34.2. The van der Waals surface area contributed by atoms with Gasteiger partial charge in [0.15, 0.2) is 5.76 Å². The maximum atomic E-state index is 9.57. The third-order valence-corrected chi connectivity index (χ3v) is 8.52. The Balaban J connectivity index is -0.000000657. The summed E-state index contributed by atoms with van der Waals surface area (Å²) in [5.41, 5.74) is 0. The van der Waals surface area contributed by atoms with Crippen molar-refractivity contribution in [3.8, 4) is 0 Å². The number of hydrogen-bond acceptors (Lipinski definition) is 19. The van der Waals surface area contributed by atoms with Gasteiger partial charge in [0.25, 0.3) is 0 Å². The molecule has 4 heterocycles. The molecule has 0 aromatic rings. The zero-order chi connectivity index (χ0) is 46.0. The van der Waals surface area contributed by atoms with Crippen LogP contribution in [0.2, 0.25) is 0 Å². The number of hydrogen-bond donors (Lipinski definition) is 15. The Morgan fingerprint density at radius 1 is 0.586 bits per heavy atom. The van der Waals surface area contributed by atoms with Crippen molar-refractivity contribution in [1.82, 2.24) is 0 Å². The van der Waals surface area contributed by atoms with E-state index in [4.69, 9.17) is 59.8 Å². The molecule has 0 saturated carbocycles. The summed E-state index contributed by atoms with van der Waals surface area (Å²) in [5.74, 6) is -0.448. The largest absolute Gasteiger partial charge is 0.512 e. The summed E-state index contributed by atoms with van der Waals surface area (Å²) < 4.78 is 20.2. The van der Waals surface area contributed by atoms with Crippen LogP contribution < -0.4 is 0 Å². The van der Waals surface area contributed by atoms with Gasteiger partial charge in [0.1, 0.15) is 97.8 Å². The number of aliphatic hydroxyl groups is 15. The van der Waals surface area contributed by atoms with E-state index in [1.165, 1.54) is 18.9 Å². The average molecular weight is 851 g/mol. The van der Waals surface area contributed by atoms with Gasteiger partial charge < -0.3 is 95.5 Å². The van der Waals surface area contributed by atoms with E-state index in [1.54, 1.807) is 0 Å². The second kappa shape index (κ2) is 32.9. The molecule has 0 aromatic carbocycles. The van der Waals surface area contributed by atoms with Crippen LogP contribution in [0.1, 0.15) is 68.2 Å². The van der Waals surface area contributed by atoms with E-state index >= 15 is 0 Å². The maximum Gasteiger partial charge on any atom is 0.158 e. The van der Waals surface area contributed by atoms with Crippen LogP contribution in [-0.2, 0) is 18.9 Å². The lowest BCUT2D eigenvalue weighted by Gasteiger charge is -2.41. The average Bonchev–Trinajstić information content (AvgIpc) is 3.72. The molecule has 4 aliphatic rings. The van der Waals surface area contributed by atoms with Crippen molar-refractivity contribution in [1.29, 1.82) is 0 Å². The molecule has 0 aromatic heterocycles. The Morgan fingerprint density at radius 3 is 1.17 bits per heavy atom. The van der Waals surface area contributed by atoms with Crippen molar-refractivity contribution in [2.24, 2.45) is 11.8 Å². The van der Waals surface area contributed by atoms with Crippen molar-refractivity contribution in [2.45, 2.75) is 172 Å². The number of aliphatic hydroxyl groups excluding tert-OH is 15. The van der Waals surface area contributed by atoms with E-state index in [-0.39, 0.29) is 38.3 Å². The van der Waals surface area contributed by atoms with Crippen molar-refractivity contribution in [3.63, 3.8) is 0 Å². The van der Waals surface area contributed by atoms with E-state index in [0.717, 1.165) is 0 Å². The van der Waals surface area contributed by atoms with Crippen LogP contribution in [0, 0.1) is 11.8 Å². The third-order valence-electron chi connectivity index (χ3n) is 8.52. The number of ether oxygens (including phenoxy) is 4. The summed E-state index contributed by atoms with van der Waals surface area (Å²) in [6.45, 7) is 24.5. The van der Waals surface area contributed by atoms with Crippen LogP contribution in [0.4, 0.5) is 0 Å². The van der Waals surface area contributed by atoms with Crippen LogP contribution in [0.15, 0.2) is 37.8 Å². The second-order valence-electron chi connectivity index (χ2n) is 14.4. The Labute approximate surface area is 343 Å². The smallest absolute Gasteiger partial charge is 0.158 e. The highest BCUT2D eigenvalue weighted by Crippen LogP contribution is 2.27. The lowest BCUT2D eigenvalue weighted by atomic mass is 9.90. The Morgan fingerprint density at radius 2 is 0.931 bits per heavy atom. The molecule has 15 N–H and O–H groups in total. The van der Waals surface area contributed by atoms with Crippen molar-refractivity contribution >= 4 is 0 Å². The van der Waals surface area contributed by atoms with Gasteiger partial charge in [-0.1, -0.05) is 74.3 Å². The molecule has 0 spiro atoms. The van der Waals surface area contributed by atoms with Gasteiger partial charge in [-0.05, 0) is 11.8 Å². The first-order valence-electron chi connectivity index (χ1n) is 19.5. The molecule has 0 radical (unpaired) electrons. The highest BCUT2D eigenvalue weighted by molar-refractivity contribution is 5.02. The zero-order valence-electron chi connectivity index (χ0n) is 35.3. The van der Waals surface area contributed by atoms with Gasteiger partial charge in [0.05, 0.1) is 38.6 Å². The van der Waals surface area contributed by atoms with E-state index in [1.807, 2.05) is 27.7 Å². The first-order chi connectivity index (χ1) is 27.1. The normalized spacial score (nSPS) is 37.3. The molecule has 0 amide bonds. The molecule has 0 bridgehead atoms. The standard InChI is InChI=1S/2C9H18O5.C7H12O4.C6H10O5.2C3H8.C2H4/c2*1-4(2)9-8(13)7(12)6(11)5(3-10)14-9;1-2-4(8)7-6(10)5(9)3-11-7;7-1-3(8)6-5(10)4(9)2-11-6;2*1-3-2;1-2/h2*4-13H,3H2,1-2H3;2,4-10H,1,3H2;1,4-10H,2H2;2*3H2,1-2H3;1-2H2/b;;;3-1+;;;. The summed E-state index contributed by atoms with van der Waals surface area (Å²) in [6, 6.07) is 0. The highest BCUT2D eigenvalue weighted by atomic mass is 16.6. The predicted molar refractivity (Wildman–Crippen MR) is 213 cm³/mol. The predicted octanol–water partition coefficient (Wildman–Crippen LogP) is -1.68. The maximum absolute atomic E-state index is 9.57. The molecule has 19 heteroatoms. The minimum Gasteiger partial charge on any atom is -0.512 e. The van der Waals surface area contributed by atoms with E-state index in [0.29, 0.717) is 6.26 Å². The van der Waals surface area contributed by atoms with E-state index < -0.39 is 110 Å². The highest BCUT2D eigenvalue weighted by Gasteiger charge is 2.45. The van der Waals surface area contributed by atoms with Gasteiger partial charge in [-0.3, -0.25) is 0 Å². The summed E-state index contributed by atoms with van der Waals surface area (Å²) in [5, 5.41) is 137. The SMILES string of the molecule is C=C.C=CC(O)C1OCC(O)C1O.CC(C)C1OC(CO)C(O)C(O)C1O.CC(C)C1OC(CO)C(O)C(O)C1O.CCC.CCC.O/C=C(/O)C1OCC(O)C1O.